The summed E-state index contributed by atoms with van der Waals surface area (Å²) < 4.78 is 0. The van der Waals surface area contributed by atoms with Crippen molar-refractivity contribution in [2.24, 2.45) is 0 Å². The minimum absolute atomic E-state index is 0.936. The van der Waals surface area contributed by atoms with Crippen molar-refractivity contribution in [1.82, 2.24) is 14.8 Å². The second kappa shape index (κ2) is 8.65. The van der Waals surface area contributed by atoms with Gasteiger partial charge in [0.1, 0.15) is 0 Å². The fourth-order valence-corrected chi connectivity index (χ4v) is 3.58. The zero-order valence-corrected chi connectivity index (χ0v) is 16.7. The van der Waals surface area contributed by atoms with Gasteiger partial charge < -0.3 is 10.2 Å². The Morgan fingerprint density at radius 2 is 1.88 bits per heavy atom. The quantitative estimate of drug-likeness (QED) is 0.883. The van der Waals surface area contributed by atoms with Crippen molar-refractivity contribution in [3.05, 3.63) is 47.3 Å². The predicted molar refractivity (Wildman–Crippen MR) is 111 cm³/mol. The molecule has 4 nitrogen and oxygen atoms in total. The molecule has 0 saturated carbocycles. The molecule has 2 heterocycles. The standard InChI is InChI=1S/C22H32N4/c1-5-23-22-14-20(13-17(2)18(22)3)19-7-8-21(24-15-19)16-26-10-6-9-25(4)11-12-26/h7-8,13-15,23H,5-6,9-12,16H2,1-4H3. The fourth-order valence-electron chi connectivity index (χ4n) is 3.58. The molecule has 0 bridgehead atoms. The third kappa shape index (κ3) is 4.63. The van der Waals surface area contributed by atoms with Crippen molar-refractivity contribution in [1.29, 1.82) is 0 Å². The number of benzene rings is 1. The van der Waals surface area contributed by atoms with Gasteiger partial charge in [-0.2, -0.15) is 0 Å². The molecule has 1 aromatic heterocycles. The van der Waals surface area contributed by atoms with Gasteiger partial charge in [0.05, 0.1) is 5.69 Å². The molecule has 1 aliphatic rings. The summed E-state index contributed by atoms with van der Waals surface area (Å²) in [6.45, 7) is 13.0. The SMILES string of the molecule is CCNc1cc(-c2ccc(CN3CCCN(C)CC3)nc2)cc(C)c1C. The van der Waals surface area contributed by atoms with Gasteiger partial charge in [0.25, 0.3) is 0 Å². The van der Waals surface area contributed by atoms with Crippen molar-refractivity contribution in [3.63, 3.8) is 0 Å². The van der Waals surface area contributed by atoms with Gasteiger partial charge in [-0.15, -0.1) is 0 Å². The lowest BCUT2D eigenvalue weighted by molar-refractivity contribution is 0.266. The molecule has 3 rings (SSSR count). The Bertz CT molecular complexity index is 724. The highest BCUT2D eigenvalue weighted by molar-refractivity contribution is 5.71. The van der Waals surface area contributed by atoms with Crippen LogP contribution in [0.4, 0.5) is 5.69 Å². The van der Waals surface area contributed by atoms with Crippen LogP contribution in [0.5, 0.6) is 0 Å². The first-order chi connectivity index (χ1) is 12.6. The first-order valence-corrected chi connectivity index (χ1v) is 9.78. The second-order valence-electron chi connectivity index (χ2n) is 7.47. The number of nitrogens with zero attached hydrogens (tertiary/aromatic N) is 3. The minimum Gasteiger partial charge on any atom is -0.385 e. The van der Waals surface area contributed by atoms with Gasteiger partial charge >= 0.3 is 0 Å². The maximum atomic E-state index is 4.75. The van der Waals surface area contributed by atoms with Crippen LogP contribution in [0.25, 0.3) is 11.1 Å². The van der Waals surface area contributed by atoms with Crippen LogP contribution in [0, 0.1) is 13.8 Å². The molecule has 4 heteroatoms. The molecule has 0 spiro atoms. The van der Waals surface area contributed by atoms with Crippen molar-refractivity contribution in [3.8, 4) is 11.1 Å². The van der Waals surface area contributed by atoms with E-state index in [0.29, 0.717) is 0 Å². The predicted octanol–water partition coefficient (Wildman–Crippen LogP) is 3.93. The van der Waals surface area contributed by atoms with Gasteiger partial charge in [-0.25, -0.2) is 0 Å². The molecular formula is C22H32N4. The van der Waals surface area contributed by atoms with Gasteiger partial charge in [0.15, 0.2) is 0 Å². The number of aromatic nitrogens is 1. The minimum atomic E-state index is 0.936. The summed E-state index contributed by atoms with van der Waals surface area (Å²) in [7, 11) is 2.21. The first kappa shape index (κ1) is 18.9. The lowest BCUT2D eigenvalue weighted by Gasteiger charge is -2.19. The van der Waals surface area contributed by atoms with Gasteiger partial charge in [-0.3, -0.25) is 9.88 Å². The maximum absolute atomic E-state index is 4.75. The molecule has 0 aliphatic carbocycles. The molecule has 1 aliphatic heterocycles. The molecule has 0 atom stereocenters. The summed E-state index contributed by atoms with van der Waals surface area (Å²) in [5.74, 6) is 0. The van der Waals surface area contributed by atoms with Crippen LogP contribution < -0.4 is 5.32 Å². The second-order valence-corrected chi connectivity index (χ2v) is 7.47. The lowest BCUT2D eigenvalue weighted by atomic mass is 9.99. The van der Waals surface area contributed by atoms with Crippen LogP contribution >= 0.6 is 0 Å². The van der Waals surface area contributed by atoms with Crippen molar-refractivity contribution in [2.45, 2.75) is 33.7 Å². The number of nitrogens with one attached hydrogen (secondary N) is 1. The zero-order valence-electron chi connectivity index (χ0n) is 16.7. The monoisotopic (exact) mass is 352 g/mol. The molecule has 26 heavy (non-hydrogen) atoms. The highest BCUT2D eigenvalue weighted by atomic mass is 15.2. The first-order valence-electron chi connectivity index (χ1n) is 9.78. The molecule has 140 valence electrons. The van der Waals surface area contributed by atoms with Crippen LogP contribution in [0.1, 0.15) is 30.2 Å². The Morgan fingerprint density at radius 3 is 2.62 bits per heavy atom. The summed E-state index contributed by atoms with van der Waals surface area (Å²) in [6.07, 6.45) is 3.27. The third-order valence-corrected chi connectivity index (χ3v) is 5.39. The van der Waals surface area contributed by atoms with Crippen LogP contribution in [0.3, 0.4) is 0 Å². The van der Waals surface area contributed by atoms with E-state index in [1.165, 1.54) is 40.9 Å². The van der Waals surface area contributed by atoms with E-state index in [1.54, 1.807) is 0 Å². The van der Waals surface area contributed by atoms with Crippen molar-refractivity contribution >= 4 is 5.69 Å². The van der Waals surface area contributed by atoms with Crippen molar-refractivity contribution < 1.29 is 0 Å². The molecule has 1 fully saturated rings. The number of aryl methyl sites for hydroxylation is 1. The number of rotatable bonds is 5. The van der Waals surface area contributed by atoms with Crippen molar-refractivity contribution in [2.75, 3.05) is 45.1 Å². The Balaban J connectivity index is 1.73. The van der Waals surface area contributed by atoms with E-state index in [2.05, 4.69) is 67.2 Å². The summed E-state index contributed by atoms with van der Waals surface area (Å²) in [6, 6.07) is 8.91. The normalized spacial score (nSPS) is 16.5. The number of pyridine rings is 1. The van der Waals surface area contributed by atoms with Crippen LogP contribution in [-0.2, 0) is 6.54 Å². The average molecular weight is 353 g/mol. The van der Waals surface area contributed by atoms with Gasteiger partial charge in [-0.05, 0) is 76.2 Å². The largest absolute Gasteiger partial charge is 0.385 e. The Kier molecular flexibility index (Phi) is 6.28. The smallest absolute Gasteiger partial charge is 0.0544 e. The van der Waals surface area contributed by atoms with Crippen LogP contribution in [0.15, 0.2) is 30.5 Å². The number of anilines is 1. The maximum Gasteiger partial charge on any atom is 0.0544 e. The average Bonchev–Trinajstić information content (AvgIpc) is 2.84. The Morgan fingerprint density at radius 1 is 1.04 bits per heavy atom. The van der Waals surface area contributed by atoms with E-state index >= 15 is 0 Å². The molecule has 2 aromatic rings. The third-order valence-electron chi connectivity index (χ3n) is 5.39. The molecular weight excluding hydrogens is 320 g/mol. The highest BCUT2D eigenvalue weighted by Gasteiger charge is 2.13. The van der Waals surface area contributed by atoms with E-state index in [-0.39, 0.29) is 0 Å². The summed E-state index contributed by atoms with van der Waals surface area (Å²) in [5.41, 5.74) is 7.45. The summed E-state index contributed by atoms with van der Waals surface area (Å²) >= 11 is 0. The Labute approximate surface area is 158 Å². The number of hydrogen-bond donors (Lipinski definition) is 1. The lowest BCUT2D eigenvalue weighted by Crippen LogP contribution is -2.28. The topological polar surface area (TPSA) is 31.4 Å². The van der Waals surface area contributed by atoms with E-state index in [4.69, 9.17) is 4.98 Å². The van der Waals surface area contributed by atoms with E-state index < -0.39 is 0 Å². The van der Waals surface area contributed by atoms with Gasteiger partial charge in [0.2, 0.25) is 0 Å². The van der Waals surface area contributed by atoms with E-state index in [9.17, 15) is 0 Å². The molecule has 1 N–H and O–H groups in total. The van der Waals surface area contributed by atoms with E-state index in [0.717, 1.165) is 38.4 Å². The van der Waals surface area contributed by atoms with Gasteiger partial charge in [0, 0.05) is 43.6 Å². The molecule has 0 radical (unpaired) electrons. The summed E-state index contributed by atoms with van der Waals surface area (Å²) in [5, 5.41) is 3.47. The van der Waals surface area contributed by atoms with Crippen LogP contribution in [-0.4, -0.2) is 54.6 Å². The molecule has 1 saturated heterocycles. The van der Waals surface area contributed by atoms with Crippen LogP contribution in [0.2, 0.25) is 0 Å². The molecule has 0 unspecified atom stereocenters. The summed E-state index contributed by atoms with van der Waals surface area (Å²) in [4.78, 5) is 9.68. The molecule has 1 aromatic carbocycles. The van der Waals surface area contributed by atoms with E-state index in [1.807, 2.05) is 6.20 Å². The number of likely N-dealkylation sites (N-methyl/N-ethyl adjacent to an activating group) is 1. The highest BCUT2D eigenvalue weighted by Crippen LogP contribution is 2.28. The Hall–Kier alpha value is -1.91. The molecule has 0 amide bonds. The fraction of sp³-hybridized carbons (Fsp3) is 0.500. The number of hydrogen-bond acceptors (Lipinski definition) is 4. The van der Waals surface area contributed by atoms with Gasteiger partial charge in [-0.1, -0.05) is 12.1 Å². The zero-order chi connectivity index (χ0) is 18.5.